The molecule has 0 spiro atoms. The zero-order chi connectivity index (χ0) is 13.0. The van der Waals surface area contributed by atoms with Gasteiger partial charge >= 0.3 is 7.12 Å². The first-order valence-electron chi connectivity index (χ1n) is 5.33. The predicted octanol–water partition coefficient (Wildman–Crippen LogP) is 0.479. The maximum absolute atomic E-state index is 12.9. The van der Waals surface area contributed by atoms with Gasteiger partial charge in [-0.2, -0.15) is 0 Å². The number of benzene rings is 1. The van der Waals surface area contributed by atoms with Gasteiger partial charge in [-0.25, -0.2) is 4.39 Å². The lowest BCUT2D eigenvalue weighted by Crippen LogP contribution is -2.29. The van der Waals surface area contributed by atoms with Crippen LogP contribution in [0.5, 0.6) is 5.75 Å². The van der Waals surface area contributed by atoms with Gasteiger partial charge in [0.05, 0.1) is 6.20 Å². The van der Waals surface area contributed by atoms with E-state index in [1.807, 2.05) is 0 Å². The number of aromatic nitrogens is 1. The Hall–Kier alpha value is -1.92. The number of pyridine rings is 1. The molecule has 0 bridgehead atoms. The van der Waals surface area contributed by atoms with Gasteiger partial charge in [0.15, 0.2) is 0 Å². The number of hydrogen-bond donors (Lipinski definition) is 2. The fraction of sp³-hybridized carbons (Fsp3) is 0.0833. The Bertz CT molecular complexity index is 519. The van der Waals surface area contributed by atoms with Crippen LogP contribution in [0.1, 0.15) is 5.56 Å². The molecule has 0 aliphatic rings. The topological polar surface area (TPSA) is 62.6 Å². The van der Waals surface area contributed by atoms with Gasteiger partial charge in [-0.15, -0.1) is 0 Å². The van der Waals surface area contributed by atoms with Gasteiger partial charge in [0.2, 0.25) is 0 Å². The Morgan fingerprint density at radius 3 is 2.50 bits per heavy atom. The standard InChI is InChI=1S/C12H11BFNO3/c14-11-5-9(6-15-7-11)8-18-12-3-1-10(2-4-12)13(16)17/h1-7,16-17H,8H2. The summed E-state index contributed by atoms with van der Waals surface area (Å²) < 4.78 is 18.3. The van der Waals surface area contributed by atoms with E-state index in [1.165, 1.54) is 12.3 Å². The fourth-order valence-electron chi connectivity index (χ4n) is 1.44. The second-order valence-corrected chi connectivity index (χ2v) is 3.74. The molecule has 1 heterocycles. The zero-order valence-electron chi connectivity index (χ0n) is 9.45. The van der Waals surface area contributed by atoms with Crippen molar-refractivity contribution in [2.45, 2.75) is 6.61 Å². The third-order valence-electron chi connectivity index (χ3n) is 2.35. The molecule has 6 heteroatoms. The maximum Gasteiger partial charge on any atom is 0.488 e. The normalized spacial score (nSPS) is 10.2. The van der Waals surface area contributed by atoms with Crippen molar-refractivity contribution in [3.05, 3.63) is 54.1 Å². The molecule has 18 heavy (non-hydrogen) atoms. The summed E-state index contributed by atoms with van der Waals surface area (Å²) in [5.41, 5.74) is 1.01. The van der Waals surface area contributed by atoms with E-state index in [-0.39, 0.29) is 6.61 Å². The van der Waals surface area contributed by atoms with Crippen LogP contribution in [-0.2, 0) is 6.61 Å². The molecule has 2 rings (SSSR count). The average molecular weight is 247 g/mol. The third kappa shape index (κ3) is 3.29. The van der Waals surface area contributed by atoms with E-state index in [1.54, 1.807) is 24.3 Å². The molecule has 1 aromatic carbocycles. The molecule has 0 atom stereocenters. The molecule has 0 aliphatic heterocycles. The molecule has 0 unspecified atom stereocenters. The highest BCUT2D eigenvalue weighted by Crippen LogP contribution is 2.11. The Morgan fingerprint density at radius 1 is 1.17 bits per heavy atom. The number of halogens is 1. The van der Waals surface area contributed by atoms with Gasteiger partial charge in [0, 0.05) is 11.8 Å². The Kier molecular flexibility index (Phi) is 3.91. The van der Waals surface area contributed by atoms with Crippen LogP contribution >= 0.6 is 0 Å². The summed E-state index contributed by atoms with van der Waals surface area (Å²) in [5.74, 6) is 0.151. The van der Waals surface area contributed by atoms with Gasteiger partial charge in [-0.1, -0.05) is 12.1 Å². The summed E-state index contributed by atoms with van der Waals surface area (Å²) in [6.07, 6.45) is 2.65. The van der Waals surface area contributed by atoms with E-state index in [9.17, 15) is 4.39 Å². The smallest absolute Gasteiger partial charge is 0.488 e. The molecule has 0 radical (unpaired) electrons. The molecule has 0 saturated heterocycles. The predicted molar refractivity (Wildman–Crippen MR) is 64.8 cm³/mol. The molecule has 2 aromatic rings. The van der Waals surface area contributed by atoms with Crippen molar-refractivity contribution in [2.24, 2.45) is 0 Å². The van der Waals surface area contributed by atoms with E-state index in [2.05, 4.69) is 4.98 Å². The summed E-state index contributed by atoms with van der Waals surface area (Å²) in [5, 5.41) is 17.8. The highest BCUT2D eigenvalue weighted by atomic mass is 19.1. The second-order valence-electron chi connectivity index (χ2n) is 3.74. The van der Waals surface area contributed by atoms with Crippen molar-refractivity contribution in [3.8, 4) is 5.75 Å². The van der Waals surface area contributed by atoms with Crippen molar-refractivity contribution >= 4 is 12.6 Å². The molecule has 1 aromatic heterocycles. The fourth-order valence-corrected chi connectivity index (χ4v) is 1.44. The lowest BCUT2D eigenvalue weighted by molar-refractivity contribution is 0.305. The van der Waals surface area contributed by atoms with Crippen LogP contribution in [0.25, 0.3) is 0 Å². The average Bonchev–Trinajstić information content (AvgIpc) is 2.37. The summed E-state index contributed by atoms with van der Waals surface area (Å²) in [6, 6.07) is 7.66. The van der Waals surface area contributed by atoms with Gasteiger partial charge in [0.1, 0.15) is 18.2 Å². The lowest BCUT2D eigenvalue weighted by atomic mass is 9.80. The van der Waals surface area contributed by atoms with Crippen molar-refractivity contribution in [2.75, 3.05) is 0 Å². The summed E-state index contributed by atoms with van der Waals surface area (Å²) >= 11 is 0. The third-order valence-corrected chi connectivity index (χ3v) is 2.35. The van der Waals surface area contributed by atoms with E-state index in [0.29, 0.717) is 16.8 Å². The molecular formula is C12H11BFNO3. The largest absolute Gasteiger partial charge is 0.489 e. The van der Waals surface area contributed by atoms with Crippen LogP contribution in [0.4, 0.5) is 4.39 Å². The number of hydrogen-bond acceptors (Lipinski definition) is 4. The Labute approximate surface area is 104 Å². The maximum atomic E-state index is 12.9. The quantitative estimate of drug-likeness (QED) is 0.771. The molecular weight excluding hydrogens is 236 g/mol. The first kappa shape index (κ1) is 12.5. The van der Waals surface area contributed by atoms with E-state index >= 15 is 0 Å². The summed E-state index contributed by atoms with van der Waals surface area (Å²) in [4.78, 5) is 3.71. The highest BCUT2D eigenvalue weighted by molar-refractivity contribution is 6.58. The van der Waals surface area contributed by atoms with Crippen LogP contribution in [0, 0.1) is 5.82 Å². The van der Waals surface area contributed by atoms with Crippen LogP contribution in [0.15, 0.2) is 42.7 Å². The van der Waals surface area contributed by atoms with Gasteiger partial charge < -0.3 is 14.8 Å². The first-order valence-corrected chi connectivity index (χ1v) is 5.33. The molecule has 0 fully saturated rings. The molecule has 4 nitrogen and oxygen atoms in total. The van der Waals surface area contributed by atoms with Crippen LogP contribution in [-0.4, -0.2) is 22.2 Å². The molecule has 0 amide bonds. The van der Waals surface area contributed by atoms with E-state index in [4.69, 9.17) is 14.8 Å². The second kappa shape index (κ2) is 5.62. The number of ether oxygens (including phenoxy) is 1. The van der Waals surface area contributed by atoms with Crippen molar-refractivity contribution in [3.63, 3.8) is 0 Å². The van der Waals surface area contributed by atoms with Crippen LogP contribution < -0.4 is 10.2 Å². The minimum atomic E-state index is -1.49. The van der Waals surface area contributed by atoms with Crippen LogP contribution in [0.2, 0.25) is 0 Å². The molecule has 2 N–H and O–H groups in total. The highest BCUT2D eigenvalue weighted by Gasteiger charge is 2.09. The van der Waals surface area contributed by atoms with Crippen molar-refractivity contribution in [1.29, 1.82) is 0 Å². The lowest BCUT2D eigenvalue weighted by Gasteiger charge is -2.07. The molecule has 0 aliphatic carbocycles. The Morgan fingerprint density at radius 2 is 1.89 bits per heavy atom. The monoisotopic (exact) mass is 247 g/mol. The Balaban J connectivity index is 1.98. The zero-order valence-corrected chi connectivity index (χ0v) is 9.45. The van der Waals surface area contributed by atoms with Crippen LogP contribution in [0.3, 0.4) is 0 Å². The van der Waals surface area contributed by atoms with Gasteiger partial charge in [-0.3, -0.25) is 4.98 Å². The van der Waals surface area contributed by atoms with Gasteiger partial charge in [-0.05, 0) is 23.7 Å². The molecule has 0 saturated carbocycles. The minimum absolute atomic E-state index is 0.200. The van der Waals surface area contributed by atoms with E-state index < -0.39 is 12.9 Å². The summed E-state index contributed by atoms with van der Waals surface area (Å²) in [6.45, 7) is 0.200. The molecule has 92 valence electrons. The number of nitrogens with zero attached hydrogens (tertiary/aromatic N) is 1. The van der Waals surface area contributed by atoms with Gasteiger partial charge in [0.25, 0.3) is 0 Å². The summed E-state index contributed by atoms with van der Waals surface area (Å²) in [7, 11) is -1.49. The number of rotatable bonds is 4. The minimum Gasteiger partial charge on any atom is -0.489 e. The van der Waals surface area contributed by atoms with E-state index in [0.717, 1.165) is 6.20 Å². The van der Waals surface area contributed by atoms with Crippen molar-refractivity contribution < 1.29 is 19.2 Å². The SMILES string of the molecule is OB(O)c1ccc(OCc2cncc(F)c2)cc1. The first-order chi connectivity index (χ1) is 8.65. The van der Waals surface area contributed by atoms with Crippen molar-refractivity contribution in [1.82, 2.24) is 4.98 Å².